The van der Waals surface area contributed by atoms with Crippen LogP contribution in [0.25, 0.3) is 0 Å². The molecule has 2 fully saturated rings. The SMILES string of the molecule is O=C(CN1CC[C@H](O)C1)NCC1CCN(c2ccccc2)C1. The molecule has 22 heavy (non-hydrogen) atoms. The normalized spacial score (nSPS) is 25.6. The Morgan fingerprint density at radius 1 is 1.18 bits per heavy atom. The minimum atomic E-state index is -0.262. The number of benzene rings is 1. The van der Waals surface area contributed by atoms with Crippen molar-refractivity contribution in [2.75, 3.05) is 44.2 Å². The van der Waals surface area contributed by atoms with Crippen LogP contribution in [-0.4, -0.2) is 61.3 Å². The number of para-hydroxylation sites is 1. The lowest BCUT2D eigenvalue weighted by atomic mass is 10.1. The summed E-state index contributed by atoms with van der Waals surface area (Å²) in [5.41, 5.74) is 1.27. The fraction of sp³-hybridized carbons (Fsp3) is 0.588. The molecular formula is C17H25N3O2. The molecule has 2 aliphatic heterocycles. The number of anilines is 1. The van der Waals surface area contributed by atoms with Gasteiger partial charge in [0.05, 0.1) is 12.6 Å². The summed E-state index contributed by atoms with van der Waals surface area (Å²) >= 11 is 0. The van der Waals surface area contributed by atoms with Gasteiger partial charge in [-0.05, 0) is 30.9 Å². The number of aliphatic hydroxyl groups excluding tert-OH is 1. The largest absolute Gasteiger partial charge is 0.392 e. The smallest absolute Gasteiger partial charge is 0.234 e. The number of carbonyl (C=O) groups is 1. The van der Waals surface area contributed by atoms with E-state index in [1.807, 2.05) is 11.0 Å². The monoisotopic (exact) mass is 303 g/mol. The number of amides is 1. The highest BCUT2D eigenvalue weighted by Crippen LogP contribution is 2.22. The van der Waals surface area contributed by atoms with E-state index >= 15 is 0 Å². The quantitative estimate of drug-likeness (QED) is 0.840. The molecule has 1 aromatic carbocycles. The molecule has 3 rings (SSSR count). The van der Waals surface area contributed by atoms with Gasteiger partial charge in [0.2, 0.25) is 5.91 Å². The van der Waals surface area contributed by atoms with Crippen LogP contribution in [0.1, 0.15) is 12.8 Å². The average Bonchev–Trinajstić information content (AvgIpc) is 3.15. The Morgan fingerprint density at radius 3 is 2.73 bits per heavy atom. The third-order valence-electron chi connectivity index (χ3n) is 4.61. The number of rotatable bonds is 5. The van der Waals surface area contributed by atoms with E-state index in [2.05, 4.69) is 34.5 Å². The maximum Gasteiger partial charge on any atom is 0.234 e. The predicted octanol–water partition coefficient (Wildman–Crippen LogP) is 0.696. The van der Waals surface area contributed by atoms with E-state index in [-0.39, 0.29) is 12.0 Å². The van der Waals surface area contributed by atoms with Crippen molar-refractivity contribution in [2.24, 2.45) is 5.92 Å². The van der Waals surface area contributed by atoms with Crippen LogP contribution in [0.5, 0.6) is 0 Å². The van der Waals surface area contributed by atoms with Gasteiger partial charge < -0.3 is 15.3 Å². The molecule has 0 spiro atoms. The van der Waals surface area contributed by atoms with Crippen molar-refractivity contribution in [3.8, 4) is 0 Å². The first-order chi connectivity index (χ1) is 10.7. The Kier molecular flexibility index (Phi) is 4.95. The van der Waals surface area contributed by atoms with Crippen molar-refractivity contribution in [3.63, 3.8) is 0 Å². The lowest BCUT2D eigenvalue weighted by Gasteiger charge is -2.19. The number of carbonyl (C=O) groups excluding carboxylic acids is 1. The van der Waals surface area contributed by atoms with E-state index in [1.54, 1.807) is 0 Å². The van der Waals surface area contributed by atoms with Gasteiger partial charge in [0.15, 0.2) is 0 Å². The van der Waals surface area contributed by atoms with Crippen molar-refractivity contribution in [2.45, 2.75) is 18.9 Å². The third-order valence-corrected chi connectivity index (χ3v) is 4.61. The number of nitrogens with one attached hydrogen (secondary N) is 1. The summed E-state index contributed by atoms with van der Waals surface area (Å²) in [5, 5.41) is 12.5. The van der Waals surface area contributed by atoms with Gasteiger partial charge in [0.1, 0.15) is 0 Å². The van der Waals surface area contributed by atoms with Crippen LogP contribution in [0.4, 0.5) is 5.69 Å². The molecule has 1 amide bonds. The van der Waals surface area contributed by atoms with E-state index < -0.39 is 0 Å². The second kappa shape index (κ2) is 7.11. The van der Waals surface area contributed by atoms with Crippen molar-refractivity contribution < 1.29 is 9.90 Å². The van der Waals surface area contributed by atoms with Crippen molar-refractivity contribution in [3.05, 3.63) is 30.3 Å². The molecule has 120 valence electrons. The number of hydrogen-bond acceptors (Lipinski definition) is 4. The maximum absolute atomic E-state index is 12.0. The minimum Gasteiger partial charge on any atom is -0.392 e. The number of nitrogens with zero attached hydrogens (tertiary/aromatic N) is 2. The standard InChI is InChI=1S/C17H25N3O2/c21-16-7-8-19(12-16)13-17(22)18-10-14-6-9-20(11-14)15-4-2-1-3-5-15/h1-5,14,16,21H,6-13H2,(H,18,22)/t14?,16-/m0/s1. The summed E-state index contributed by atoms with van der Waals surface area (Å²) < 4.78 is 0. The summed E-state index contributed by atoms with van der Waals surface area (Å²) in [7, 11) is 0. The van der Waals surface area contributed by atoms with Crippen molar-refractivity contribution in [1.29, 1.82) is 0 Å². The fourth-order valence-corrected chi connectivity index (χ4v) is 3.35. The molecule has 5 heteroatoms. The van der Waals surface area contributed by atoms with Crippen LogP contribution < -0.4 is 10.2 Å². The van der Waals surface area contributed by atoms with Gasteiger partial charge in [-0.25, -0.2) is 0 Å². The van der Waals surface area contributed by atoms with Crippen LogP contribution in [0, 0.1) is 5.92 Å². The molecule has 1 unspecified atom stereocenters. The van der Waals surface area contributed by atoms with Crippen LogP contribution in [0.15, 0.2) is 30.3 Å². The van der Waals surface area contributed by atoms with Gasteiger partial charge in [-0.3, -0.25) is 9.69 Å². The summed E-state index contributed by atoms with van der Waals surface area (Å²) in [6.07, 6.45) is 1.64. The molecule has 2 aliphatic rings. The second-order valence-electron chi connectivity index (χ2n) is 6.42. The number of β-amino-alcohol motifs (C(OH)–C–C–N with tert-alkyl or cyclic N) is 1. The Morgan fingerprint density at radius 2 is 2.00 bits per heavy atom. The Labute approximate surface area is 131 Å². The topological polar surface area (TPSA) is 55.8 Å². The van der Waals surface area contributed by atoms with Crippen LogP contribution in [0.3, 0.4) is 0 Å². The molecule has 0 aliphatic carbocycles. The summed E-state index contributed by atoms with van der Waals surface area (Å²) in [4.78, 5) is 16.4. The summed E-state index contributed by atoms with van der Waals surface area (Å²) in [6, 6.07) is 10.4. The van der Waals surface area contributed by atoms with E-state index in [0.29, 0.717) is 19.0 Å². The first kappa shape index (κ1) is 15.3. The summed E-state index contributed by atoms with van der Waals surface area (Å²) in [5.74, 6) is 0.598. The van der Waals surface area contributed by atoms with Gasteiger partial charge in [0.25, 0.3) is 0 Å². The van der Waals surface area contributed by atoms with Crippen LogP contribution >= 0.6 is 0 Å². The Bertz CT molecular complexity index is 494. The highest BCUT2D eigenvalue weighted by molar-refractivity contribution is 5.78. The number of hydrogen-bond donors (Lipinski definition) is 2. The highest BCUT2D eigenvalue weighted by Gasteiger charge is 2.24. The lowest BCUT2D eigenvalue weighted by Crippen LogP contribution is -2.39. The molecule has 2 N–H and O–H groups in total. The zero-order valence-electron chi connectivity index (χ0n) is 12.9. The molecule has 0 aromatic heterocycles. The van der Waals surface area contributed by atoms with Gasteiger partial charge >= 0.3 is 0 Å². The minimum absolute atomic E-state index is 0.0762. The highest BCUT2D eigenvalue weighted by atomic mass is 16.3. The summed E-state index contributed by atoms with van der Waals surface area (Å²) in [6.45, 7) is 4.67. The fourth-order valence-electron chi connectivity index (χ4n) is 3.35. The predicted molar refractivity (Wildman–Crippen MR) is 86.8 cm³/mol. The van der Waals surface area contributed by atoms with Crippen molar-refractivity contribution in [1.82, 2.24) is 10.2 Å². The molecule has 1 aromatic rings. The average molecular weight is 303 g/mol. The van der Waals surface area contributed by atoms with Gasteiger partial charge in [-0.15, -0.1) is 0 Å². The number of aliphatic hydroxyl groups is 1. The molecule has 5 nitrogen and oxygen atoms in total. The first-order valence-corrected chi connectivity index (χ1v) is 8.18. The van der Waals surface area contributed by atoms with Crippen LogP contribution in [-0.2, 0) is 4.79 Å². The second-order valence-corrected chi connectivity index (χ2v) is 6.42. The molecule has 2 atom stereocenters. The van der Waals surface area contributed by atoms with Gasteiger partial charge in [-0.2, -0.15) is 0 Å². The molecule has 2 saturated heterocycles. The third kappa shape index (κ3) is 3.99. The van der Waals surface area contributed by atoms with E-state index in [9.17, 15) is 9.90 Å². The molecule has 2 heterocycles. The van der Waals surface area contributed by atoms with Gasteiger partial charge in [-0.1, -0.05) is 18.2 Å². The zero-order chi connectivity index (χ0) is 15.4. The Hall–Kier alpha value is -1.59. The zero-order valence-corrected chi connectivity index (χ0v) is 12.9. The molecule has 0 radical (unpaired) electrons. The number of likely N-dealkylation sites (tertiary alicyclic amines) is 1. The lowest BCUT2D eigenvalue weighted by molar-refractivity contribution is -0.122. The molecule has 0 bridgehead atoms. The van der Waals surface area contributed by atoms with Crippen molar-refractivity contribution >= 4 is 11.6 Å². The first-order valence-electron chi connectivity index (χ1n) is 8.18. The Balaban J connectivity index is 1.38. The molecule has 0 saturated carbocycles. The van der Waals surface area contributed by atoms with E-state index in [0.717, 1.165) is 39.0 Å². The van der Waals surface area contributed by atoms with Crippen LogP contribution in [0.2, 0.25) is 0 Å². The molecular weight excluding hydrogens is 278 g/mol. The van der Waals surface area contributed by atoms with Gasteiger partial charge in [0, 0.05) is 38.4 Å². The maximum atomic E-state index is 12.0. The van der Waals surface area contributed by atoms with E-state index in [1.165, 1.54) is 5.69 Å². The van der Waals surface area contributed by atoms with E-state index in [4.69, 9.17) is 0 Å².